The van der Waals surface area contributed by atoms with Crippen molar-refractivity contribution >= 4 is 23.4 Å². The van der Waals surface area contributed by atoms with Crippen LogP contribution in [0.3, 0.4) is 0 Å². The summed E-state index contributed by atoms with van der Waals surface area (Å²) in [4.78, 5) is 5.48. The molecule has 0 atom stereocenters. The highest BCUT2D eigenvalue weighted by molar-refractivity contribution is 7.99. The van der Waals surface area contributed by atoms with E-state index >= 15 is 0 Å². The quantitative estimate of drug-likeness (QED) is 0.876. The predicted octanol–water partition coefficient (Wildman–Crippen LogP) is 4.59. The molecule has 1 aromatic heterocycles. The number of halogens is 1. The summed E-state index contributed by atoms with van der Waals surface area (Å²) in [6, 6.07) is 6.35. The number of benzene rings is 1. The van der Waals surface area contributed by atoms with Gasteiger partial charge in [-0.25, -0.2) is 4.98 Å². The van der Waals surface area contributed by atoms with Gasteiger partial charge >= 0.3 is 0 Å². The van der Waals surface area contributed by atoms with Crippen LogP contribution in [-0.2, 0) is 6.54 Å². The molecule has 20 heavy (non-hydrogen) atoms. The Kier molecular flexibility index (Phi) is 5.13. The van der Waals surface area contributed by atoms with Crippen molar-refractivity contribution in [1.82, 2.24) is 10.3 Å². The van der Waals surface area contributed by atoms with Gasteiger partial charge in [-0.15, -0.1) is 0 Å². The number of aromatic nitrogens is 1. The summed E-state index contributed by atoms with van der Waals surface area (Å²) in [5.41, 5.74) is 2.12. The molecule has 108 valence electrons. The smallest absolute Gasteiger partial charge is 0.261 e. The predicted molar refractivity (Wildman–Crippen MR) is 83.5 cm³/mol. The van der Waals surface area contributed by atoms with Crippen LogP contribution in [0.25, 0.3) is 0 Å². The molecule has 0 bridgehead atoms. The number of nitrogens with one attached hydrogen (secondary N) is 1. The Morgan fingerprint density at radius 1 is 1.35 bits per heavy atom. The average Bonchev–Trinajstić information content (AvgIpc) is 2.67. The number of oxazole rings is 1. The van der Waals surface area contributed by atoms with Gasteiger partial charge in [0, 0.05) is 22.5 Å². The molecule has 5 heteroatoms. The molecule has 1 aromatic carbocycles. The molecule has 0 aliphatic heterocycles. The van der Waals surface area contributed by atoms with E-state index in [4.69, 9.17) is 16.0 Å². The minimum Gasteiger partial charge on any atom is -0.436 e. The van der Waals surface area contributed by atoms with Crippen molar-refractivity contribution in [3.05, 3.63) is 40.2 Å². The van der Waals surface area contributed by atoms with Crippen molar-refractivity contribution < 1.29 is 4.42 Å². The maximum Gasteiger partial charge on any atom is 0.261 e. The summed E-state index contributed by atoms with van der Waals surface area (Å²) in [6.07, 6.45) is 0. The maximum absolute atomic E-state index is 6.10. The van der Waals surface area contributed by atoms with Gasteiger partial charge in [0.1, 0.15) is 5.76 Å². The normalized spacial score (nSPS) is 11.3. The van der Waals surface area contributed by atoms with E-state index in [1.54, 1.807) is 0 Å². The summed E-state index contributed by atoms with van der Waals surface area (Å²) in [5.74, 6) is 0.858. The van der Waals surface area contributed by atoms with Gasteiger partial charge in [-0.05, 0) is 43.3 Å². The molecule has 0 saturated carbocycles. The van der Waals surface area contributed by atoms with Gasteiger partial charge in [-0.3, -0.25) is 0 Å². The molecule has 0 fully saturated rings. The van der Waals surface area contributed by atoms with E-state index in [1.165, 1.54) is 17.3 Å². The van der Waals surface area contributed by atoms with Gasteiger partial charge in [-0.1, -0.05) is 31.5 Å². The van der Waals surface area contributed by atoms with Crippen LogP contribution in [0.2, 0.25) is 5.02 Å². The molecule has 0 aliphatic carbocycles. The fraction of sp³-hybridized carbons (Fsp3) is 0.400. The minimum absolute atomic E-state index is 0.440. The molecule has 0 unspecified atom stereocenters. The number of rotatable bonds is 5. The topological polar surface area (TPSA) is 38.1 Å². The highest BCUT2D eigenvalue weighted by Gasteiger charge is 2.11. The Morgan fingerprint density at radius 3 is 2.70 bits per heavy atom. The van der Waals surface area contributed by atoms with Crippen molar-refractivity contribution in [2.24, 2.45) is 0 Å². The van der Waals surface area contributed by atoms with E-state index in [0.29, 0.717) is 11.3 Å². The Bertz CT molecular complexity index is 576. The van der Waals surface area contributed by atoms with E-state index in [2.05, 4.69) is 24.1 Å². The zero-order chi connectivity index (χ0) is 14.7. The molecule has 2 rings (SSSR count). The molecule has 1 N–H and O–H groups in total. The van der Waals surface area contributed by atoms with E-state index in [9.17, 15) is 0 Å². The molecule has 0 radical (unpaired) electrons. The first-order valence-electron chi connectivity index (χ1n) is 6.59. The molecular weight excluding hydrogens is 292 g/mol. The molecule has 1 heterocycles. The lowest BCUT2D eigenvalue weighted by molar-refractivity contribution is 0.431. The zero-order valence-corrected chi connectivity index (χ0v) is 13.7. The van der Waals surface area contributed by atoms with Gasteiger partial charge in [0.25, 0.3) is 5.22 Å². The number of hydrogen-bond acceptors (Lipinski definition) is 4. The largest absolute Gasteiger partial charge is 0.436 e. The lowest BCUT2D eigenvalue weighted by Crippen LogP contribution is -2.22. The summed E-state index contributed by atoms with van der Waals surface area (Å²) >= 11 is 7.61. The van der Waals surface area contributed by atoms with Gasteiger partial charge in [-0.2, -0.15) is 0 Å². The average molecular weight is 311 g/mol. The first-order chi connectivity index (χ1) is 9.45. The molecule has 0 spiro atoms. The van der Waals surface area contributed by atoms with Crippen LogP contribution in [0.15, 0.2) is 32.7 Å². The van der Waals surface area contributed by atoms with Crippen molar-refractivity contribution in [1.29, 1.82) is 0 Å². The van der Waals surface area contributed by atoms with Crippen LogP contribution in [0.1, 0.15) is 30.9 Å². The molecule has 0 aliphatic rings. The lowest BCUT2D eigenvalue weighted by atomic mass is 10.2. The molecule has 2 aromatic rings. The highest BCUT2D eigenvalue weighted by Crippen LogP contribution is 2.33. The highest BCUT2D eigenvalue weighted by atomic mass is 35.5. The monoisotopic (exact) mass is 310 g/mol. The Balaban J connectivity index is 2.22. The van der Waals surface area contributed by atoms with Crippen LogP contribution in [0.4, 0.5) is 0 Å². The van der Waals surface area contributed by atoms with Gasteiger partial charge in [0.15, 0.2) is 0 Å². The van der Waals surface area contributed by atoms with Gasteiger partial charge in [0.05, 0.1) is 5.69 Å². The SMILES string of the molecule is Cc1nc(Sc2cc(Cl)ccc2CNC(C)C)oc1C. The summed E-state index contributed by atoms with van der Waals surface area (Å²) in [6.45, 7) is 8.93. The zero-order valence-electron chi connectivity index (χ0n) is 12.2. The van der Waals surface area contributed by atoms with Crippen molar-refractivity contribution in [2.45, 2.75) is 50.4 Å². The first kappa shape index (κ1) is 15.4. The van der Waals surface area contributed by atoms with Gasteiger partial charge in [0.2, 0.25) is 0 Å². The molecule has 0 saturated heterocycles. The Labute approximate surface area is 129 Å². The number of nitrogens with zero attached hydrogens (tertiary/aromatic N) is 1. The third-order valence-corrected chi connectivity index (χ3v) is 4.12. The standard InChI is InChI=1S/C15H19ClN2OS/c1-9(2)17-8-12-5-6-13(16)7-14(12)20-15-18-10(3)11(4)19-15/h5-7,9,17H,8H2,1-4H3. The Morgan fingerprint density at radius 2 is 2.10 bits per heavy atom. The van der Waals surface area contributed by atoms with Crippen molar-refractivity contribution in [3.63, 3.8) is 0 Å². The minimum atomic E-state index is 0.440. The Hall–Kier alpha value is -0.970. The number of hydrogen-bond donors (Lipinski definition) is 1. The van der Waals surface area contributed by atoms with Crippen LogP contribution in [-0.4, -0.2) is 11.0 Å². The second-order valence-corrected chi connectivity index (χ2v) is 6.44. The van der Waals surface area contributed by atoms with E-state index in [1.807, 2.05) is 32.0 Å². The molecule has 0 amide bonds. The third kappa shape index (κ3) is 4.01. The van der Waals surface area contributed by atoms with Crippen molar-refractivity contribution in [3.8, 4) is 0 Å². The second kappa shape index (κ2) is 6.66. The van der Waals surface area contributed by atoms with Crippen LogP contribution < -0.4 is 5.32 Å². The van der Waals surface area contributed by atoms with E-state index in [-0.39, 0.29) is 0 Å². The lowest BCUT2D eigenvalue weighted by Gasteiger charge is -2.11. The van der Waals surface area contributed by atoms with Crippen LogP contribution in [0.5, 0.6) is 0 Å². The van der Waals surface area contributed by atoms with Gasteiger partial charge < -0.3 is 9.73 Å². The first-order valence-corrected chi connectivity index (χ1v) is 7.79. The van der Waals surface area contributed by atoms with Crippen molar-refractivity contribution in [2.75, 3.05) is 0 Å². The fourth-order valence-corrected chi connectivity index (χ4v) is 2.90. The summed E-state index contributed by atoms with van der Waals surface area (Å²) in [7, 11) is 0. The summed E-state index contributed by atoms with van der Waals surface area (Å²) < 4.78 is 5.63. The second-order valence-electron chi connectivity index (χ2n) is 5.01. The third-order valence-electron chi connectivity index (χ3n) is 2.94. The summed E-state index contributed by atoms with van der Waals surface area (Å²) in [5, 5.41) is 4.80. The van der Waals surface area contributed by atoms with Crippen LogP contribution in [0, 0.1) is 13.8 Å². The molecule has 3 nitrogen and oxygen atoms in total. The van der Waals surface area contributed by atoms with E-state index < -0.39 is 0 Å². The maximum atomic E-state index is 6.10. The van der Waals surface area contributed by atoms with Crippen LogP contribution >= 0.6 is 23.4 Å². The molecular formula is C15H19ClN2OS. The van der Waals surface area contributed by atoms with E-state index in [0.717, 1.165) is 27.9 Å². The fourth-order valence-electron chi connectivity index (χ4n) is 1.66. The number of aryl methyl sites for hydroxylation is 2.